The molecule has 0 saturated carbocycles. The molecule has 1 spiro atoms. The second kappa shape index (κ2) is 4.58. The molecule has 1 aromatic carbocycles. The van der Waals surface area contributed by atoms with Gasteiger partial charge in [-0.2, -0.15) is 0 Å². The second-order valence-electron chi connectivity index (χ2n) is 6.32. The van der Waals surface area contributed by atoms with Gasteiger partial charge in [0.15, 0.2) is 0 Å². The Morgan fingerprint density at radius 3 is 2.91 bits per heavy atom. The minimum Gasteiger partial charge on any atom is -0.467 e. The van der Waals surface area contributed by atoms with Crippen molar-refractivity contribution in [2.75, 3.05) is 18.0 Å². The van der Waals surface area contributed by atoms with Crippen LogP contribution in [0, 0.1) is 5.41 Å². The molecule has 1 fully saturated rings. The molecule has 1 aromatic heterocycles. The van der Waals surface area contributed by atoms with E-state index in [1.165, 1.54) is 0 Å². The molecule has 1 aliphatic carbocycles. The molecule has 3 aliphatic rings. The van der Waals surface area contributed by atoms with Gasteiger partial charge in [0.2, 0.25) is 5.91 Å². The number of hydrogen-bond acceptors (Lipinski definition) is 3. The van der Waals surface area contributed by atoms with E-state index in [2.05, 4.69) is 27.3 Å². The van der Waals surface area contributed by atoms with Crippen LogP contribution in [0.2, 0.25) is 0 Å². The number of amides is 1. The second-order valence-corrected chi connectivity index (χ2v) is 7.23. The van der Waals surface area contributed by atoms with Crippen LogP contribution in [0.3, 0.4) is 0 Å². The van der Waals surface area contributed by atoms with E-state index in [0.29, 0.717) is 6.54 Å². The SMILES string of the molecule is O=C1N(c2ccc(Br)cc2)CC=C2c3ccoc3[C@@H]3NCC[C@]123. The fraction of sp³-hybridized carbons (Fsp3) is 0.278. The zero-order valence-electron chi connectivity index (χ0n) is 12.4. The molecule has 5 rings (SSSR count). The molecule has 5 heteroatoms. The van der Waals surface area contributed by atoms with Crippen LogP contribution in [0.4, 0.5) is 5.69 Å². The lowest BCUT2D eigenvalue weighted by atomic mass is 9.74. The van der Waals surface area contributed by atoms with Crippen molar-refractivity contribution >= 4 is 33.1 Å². The number of carbonyl (C=O) groups is 1. The van der Waals surface area contributed by atoms with Gasteiger partial charge in [0, 0.05) is 22.3 Å². The van der Waals surface area contributed by atoms with Crippen molar-refractivity contribution in [3.8, 4) is 0 Å². The molecule has 1 N–H and O–H groups in total. The lowest BCUT2D eigenvalue weighted by Gasteiger charge is -2.38. The highest BCUT2D eigenvalue weighted by atomic mass is 79.9. The van der Waals surface area contributed by atoms with Gasteiger partial charge in [-0.1, -0.05) is 22.0 Å². The highest BCUT2D eigenvalue weighted by Gasteiger charge is 2.61. The van der Waals surface area contributed by atoms with E-state index in [1.807, 2.05) is 35.2 Å². The first-order valence-electron chi connectivity index (χ1n) is 7.81. The van der Waals surface area contributed by atoms with Crippen molar-refractivity contribution in [1.82, 2.24) is 5.32 Å². The average Bonchev–Trinajstić information content (AvgIpc) is 3.22. The van der Waals surface area contributed by atoms with Gasteiger partial charge < -0.3 is 14.6 Å². The largest absolute Gasteiger partial charge is 0.467 e. The number of nitrogens with zero attached hydrogens (tertiary/aromatic N) is 1. The number of anilines is 1. The van der Waals surface area contributed by atoms with E-state index in [9.17, 15) is 4.79 Å². The fourth-order valence-electron chi connectivity index (χ4n) is 4.33. The van der Waals surface area contributed by atoms with Gasteiger partial charge in [-0.25, -0.2) is 0 Å². The number of fused-ring (bicyclic) bond motifs is 3. The summed E-state index contributed by atoms with van der Waals surface area (Å²) < 4.78 is 6.72. The summed E-state index contributed by atoms with van der Waals surface area (Å²) in [7, 11) is 0. The standard InChI is InChI=1S/C18H15BrN2O2/c19-11-1-3-12(4-2-11)21-9-5-14-13-6-10-23-15(13)16-18(14,17(21)22)7-8-20-16/h1-6,10,16,20H,7-9H2/t16-,18-/m0/s1. The van der Waals surface area contributed by atoms with Crippen molar-refractivity contribution in [3.05, 3.63) is 58.5 Å². The zero-order valence-corrected chi connectivity index (χ0v) is 14.0. The van der Waals surface area contributed by atoms with E-state index in [-0.39, 0.29) is 11.9 Å². The molecule has 4 nitrogen and oxygen atoms in total. The minimum atomic E-state index is -0.499. The Morgan fingerprint density at radius 2 is 2.09 bits per heavy atom. The summed E-state index contributed by atoms with van der Waals surface area (Å²) in [6, 6.07) is 9.88. The number of furan rings is 1. The maximum Gasteiger partial charge on any atom is 0.240 e. The van der Waals surface area contributed by atoms with Crippen molar-refractivity contribution < 1.29 is 9.21 Å². The van der Waals surface area contributed by atoms with Gasteiger partial charge in [0.05, 0.1) is 17.7 Å². The number of carbonyl (C=O) groups excluding carboxylic acids is 1. The van der Waals surface area contributed by atoms with Gasteiger partial charge in [0.25, 0.3) is 0 Å². The van der Waals surface area contributed by atoms with E-state index in [4.69, 9.17) is 4.42 Å². The minimum absolute atomic E-state index is 0.0375. The molecule has 1 saturated heterocycles. The molecular weight excluding hydrogens is 356 g/mol. The third kappa shape index (κ3) is 1.61. The Morgan fingerprint density at radius 1 is 1.26 bits per heavy atom. The van der Waals surface area contributed by atoms with Crippen LogP contribution >= 0.6 is 15.9 Å². The normalized spacial score (nSPS) is 28.4. The van der Waals surface area contributed by atoms with E-state index in [1.54, 1.807) is 6.26 Å². The summed E-state index contributed by atoms with van der Waals surface area (Å²) in [5.74, 6) is 1.10. The van der Waals surface area contributed by atoms with Crippen molar-refractivity contribution in [1.29, 1.82) is 0 Å². The summed E-state index contributed by atoms with van der Waals surface area (Å²) in [4.78, 5) is 15.3. The van der Waals surface area contributed by atoms with Crippen molar-refractivity contribution in [3.63, 3.8) is 0 Å². The van der Waals surface area contributed by atoms with Gasteiger partial charge in [-0.05, 0) is 48.9 Å². The Kier molecular flexibility index (Phi) is 2.71. The number of rotatable bonds is 1. The number of hydrogen-bond donors (Lipinski definition) is 1. The Balaban J connectivity index is 1.64. The molecule has 0 radical (unpaired) electrons. The molecule has 1 amide bonds. The number of halogens is 1. The lowest BCUT2D eigenvalue weighted by Crippen LogP contribution is -2.48. The molecular formula is C18H15BrN2O2. The van der Waals surface area contributed by atoms with Crippen LogP contribution in [0.25, 0.3) is 5.57 Å². The van der Waals surface area contributed by atoms with Gasteiger partial charge in [-0.15, -0.1) is 0 Å². The third-order valence-corrected chi connectivity index (χ3v) is 5.86. The molecule has 0 bridgehead atoms. The Labute approximate surface area is 142 Å². The topological polar surface area (TPSA) is 45.5 Å². The predicted molar refractivity (Wildman–Crippen MR) is 91.0 cm³/mol. The summed E-state index contributed by atoms with van der Waals surface area (Å²) in [5, 5.41) is 3.47. The quantitative estimate of drug-likeness (QED) is 0.835. The van der Waals surface area contributed by atoms with Crippen LogP contribution in [-0.2, 0) is 4.79 Å². The summed E-state index contributed by atoms with van der Waals surface area (Å²) in [6.07, 6.45) is 4.74. The van der Waals surface area contributed by atoms with Crippen LogP contribution < -0.4 is 10.2 Å². The van der Waals surface area contributed by atoms with Crippen molar-refractivity contribution in [2.24, 2.45) is 5.41 Å². The highest BCUT2D eigenvalue weighted by Crippen LogP contribution is 2.60. The first kappa shape index (κ1) is 13.6. The van der Waals surface area contributed by atoms with Crippen molar-refractivity contribution in [2.45, 2.75) is 12.5 Å². The first-order chi connectivity index (χ1) is 11.2. The Bertz CT molecular complexity index is 839. The van der Waals surface area contributed by atoms with Gasteiger partial charge in [-0.3, -0.25) is 4.79 Å². The van der Waals surface area contributed by atoms with E-state index >= 15 is 0 Å². The maximum absolute atomic E-state index is 13.5. The highest BCUT2D eigenvalue weighted by molar-refractivity contribution is 9.10. The van der Waals surface area contributed by atoms with Crippen LogP contribution in [-0.4, -0.2) is 19.0 Å². The maximum atomic E-state index is 13.5. The average molecular weight is 371 g/mol. The summed E-state index contributed by atoms with van der Waals surface area (Å²) in [6.45, 7) is 1.44. The molecule has 116 valence electrons. The smallest absolute Gasteiger partial charge is 0.240 e. The zero-order chi connectivity index (χ0) is 15.6. The third-order valence-electron chi connectivity index (χ3n) is 5.33. The predicted octanol–water partition coefficient (Wildman–Crippen LogP) is 3.51. The van der Waals surface area contributed by atoms with Crippen LogP contribution in [0.1, 0.15) is 23.8 Å². The molecule has 2 aromatic rings. The van der Waals surface area contributed by atoms with Crippen LogP contribution in [0.15, 0.2) is 51.6 Å². The fourth-order valence-corrected chi connectivity index (χ4v) is 4.60. The molecule has 23 heavy (non-hydrogen) atoms. The lowest BCUT2D eigenvalue weighted by molar-refractivity contribution is -0.126. The summed E-state index contributed by atoms with van der Waals surface area (Å²) >= 11 is 3.45. The monoisotopic (exact) mass is 370 g/mol. The Hall–Kier alpha value is -1.85. The summed E-state index contributed by atoms with van der Waals surface area (Å²) in [5.41, 5.74) is 2.69. The van der Waals surface area contributed by atoms with Crippen LogP contribution in [0.5, 0.6) is 0 Å². The molecule has 3 heterocycles. The molecule has 0 unspecified atom stereocenters. The molecule has 2 atom stereocenters. The number of nitrogens with one attached hydrogen (secondary N) is 1. The first-order valence-corrected chi connectivity index (χ1v) is 8.60. The van der Waals surface area contributed by atoms with Gasteiger partial charge >= 0.3 is 0 Å². The molecule has 2 aliphatic heterocycles. The van der Waals surface area contributed by atoms with E-state index < -0.39 is 5.41 Å². The number of benzene rings is 1. The van der Waals surface area contributed by atoms with E-state index in [0.717, 1.165) is 40.0 Å². The van der Waals surface area contributed by atoms with Gasteiger partial charge in [0.1, 0.15) is 5.76 Å².